The van der Waals surface area contributed by atoms with E-state index in [1.54, 1.807) is 12.2 Å². The van der Waals surface area contributed by atoms with Crippen molar-refractivity contribution >= 4 is 0 Å². The lowest BCUT2D eigenvalue weighted by atomic mass is 10.4. The summed E-state index contributed by atoms with van der Waals surface area (Å²) >= 11 is 0. The predicted octanol–water partition coefficient (Wildman–Crippen LogP) is 0.902. The van der Waals surface area contributed by atoms with Gasteiger partial charge in [0.15, 0.2) is 0 Å². The molecule has 0 heterocycles. The molecule has 1 aliphatic rings. The third-order valence-corrected chi connectivity index (χ3v) is 0.867. The first-order chi connectivity index (χ1) is 3.93. The third-order valence-electron chi connectivity index (χ3n) is 0.867. The van der Waals surface area contributed by atoms with Crippen LogP contribution in [0.15, 0.2) is 24.3 Å². The van der Waals surface area contributed by atoms with Crippen molar-refractivity contribution in [1.82, 2.24) is 0 Å². The Hall–Kier alpha value is -0.640. The summed E-state index contributed by atoms with van der Waals surface area (Å²) in [6, 6.07) is 0. The van der Waals surface area contributed by atoms with E-state index in [0.29, 0.717) is 0 Å². The lowest BCUT2D eigenvalue weighted by molar-refractivity contribution is -0.496. The van der Waals surface area contributed by atoms with Gasteiger partial charge >= 0.3 is 0 Å². The molecule has 0 saturated carbocycles. The van der Waals surface area contributed by atoms with Crippen molar-refractivity contribution in [3.63, 3.8) is 0 Å². The average Bonchev–Trinajstić information content (AvgIpc) is 2.19. The quantitative estimate of drug-likeness (QED) is 0.428. The van der Waals surface area contributed by atoms with Crippen LogP contribution in [0.5, 0.6) is 0 Å². The summed E-state index contributed by atoms with van der Waals surface area (Å²) in [5, 5.41) is 11.2. The Balaban J connectivity index is 2.27. The first-order valence-corrected chi connectivity index (χ1v) is 2.25. The number of hydrogen-bond acceptors (Lipinski definition) is 3. The zero-order valence-electron chi connectivity index (χ0n) is 4.15. The van der Waals surface area contributed by atoms with E-state index in [4.69, 9.17) is 5.26 Å². The molecule has 1 N–H and O–H groups in total. The highest BCUT2D eigenvalue weighted by Crippen LogP contribution is 2.02. The Morgan fingerprint density at radius 2 is 1.88 bits per heavy atom. The predicted molar refractivity (Wildman–Crippen MR) is 26.9 cm³/mol. The van der Waals surface area contributed by atoms with Gasteiger partial charge in [-0.2, -0.15) is 4.89 Å². The van der Waals surface area contributed by atoms with Gasteiger partial charge in [-0.3, -0.25) is 0 Å². The molecule has 0 aromatic rings. The van der Waals surface area contributed by atoms with E-state index in [1.807, 2.05) is 12.2 Å². The molecule has 0 bridgehead atoms. The highest BCUT2D eigenvalue weighted by Gasteiger charge is 2.02. The summed E-state index contributed by atoms with van der Waals surface area (Å²) in [6.07, 6.45) is 6.89. The second-order valence-corrected chi connectivity index (χ2v) is 1.41. The molecule has 8 heavy (non-hydrogen) atoms. The van der Waals surface area contributed by atoms with Crippen molar-refractivity contribution in [3.05, 3.63) is 24.3 Å². The molecule has 1 aliphatic carbocycles. The highest BCUT2D eigenvalue weighted by molar-refractivity contribution is 5.18. The molecule has 0 aromatic carbocycles. The number of allylic oxidation sites excluding steroid dienone is 2. The fourth-order valence-electron chi connectivity index (χ4n) is 0.525. The standard InChI is InChI=1S/C5H6O3/c6-8-7-5-3-1-2-4-5/h1-6H. The second-order valence-electron chi connectivity index (χ2n) is 1.41. The van der Waals surface area contributed by atoms with E-state index in [0.717, 1.165) is 0 Å². The summed E-state index contributed by atoms with van der Waals surface area (Å²) in [6.45, 7) is 0. The monoisotopic (exact) mass is 114 g/mol. The van der Waals surface area contributed by atoms with Crippen LogP contribution in [0.3, 0.4) is 0 Å². The first kappa shape index (κ1) is 5.50. The zero-order valence-corrected chi connectivity index (χ0v) is 4.15. The van der Waals surface area contributed by atoms with Crippen LogP contribution in [0, 0.1) is 0 Å². The van der Waals surface area contributed by atoms with E-state index in [2.05, 4.69) is 9.93 Å². The van der Waals surface area contributed by atoms with Crippen molar-refractivity contribution in [2.24, 2.45) is 0 Å². The summed E-state index contributed by atoms with van der Waals surface area (Å²) in [5.74, 6) is 0. The van der Waals surface area contributed by atoms with Crippen molar-refractivity contribution < 1.29 is 15.2 Å². The maximum atomic E-state index is 7.74. The molecule has 3 nitrogen and oxygen atoms in total. The van der Waals surface area contributed by atoms with Gasteiger partial charge in [0.05, 0.1) is 0 Å². The van der Waals surface area contributed by atoms with E-state index in [9.17, 15) is 0 Å². The molecule has 1 rings (SSSR count). The summed E-state index contributed by atoms with van der Waals surface area (Å²) in [7, 11) is 0. The Labute approximate surface area is 46.7 Å². The fourth-order valence-corrected chi connectivity index (χ4v) is 0.525. The smallest absolute Gasteiger partial charge is 0.133 e. The van der Waals surface area contributed by atoms with Crippen LogP contribution in [0.25, 0.3) is 0 Å². The molecule has 0 unspecified atom stereocenters. The van der Waals surface area contributed by atoms with E-state index >= 15 is 0 Å². The lowest BCUT2D eigenvalue weighted by Crippen LogP contribution is -2.02. The maximum Gasteiger partial charge on any atom is 0.133 e. The fraction of sp³-hybridized carbons (Fsp3) is 0.200. The van der Waals surface area contributed by atoms with Crippen LogP contribution < -0.4 is 0 Å². The molecule has 0 saturated heterocycles. The van der Waals surface area contributed by atoms with E-state index in [1.165, 1.54) is 0 Å². The molecule has 0 aliphatic heterocycles. The van der Waals surface area contributed by atoms with Gasteiger partial charge in [0.25, 0.3) is 0 Å². The lowest BCUT2D eigenvalue weighted by Gasteiger charge is -1.97. The SMILES string of the molecule is OOOC1C=CC=C1. The van der Waals surface area contributed by atoms with Crippen LogP contribution in [-0.4, -0.2) is 11.4 Å². The van der Waals surface area contributed by atoms with Crippen LogP contribution in [0.4, 0.5) is 0 Å². The Morgan fingerprint density at radius 3 is 2.38 bits per heavy atom. The van der Waals surface area contributed by atoms with Gasteiger partial charge in [-0.15, -0.1) is 0 Å². The summed E-state index contributed by atoms with van der Waals surface area (Å²) in [4.78, 5) is 4.28. The second kappa shape index (κ2) is 2.61. The first-order valence-electron chi connectivity index (χ1n) is 2.25. The van der Waals surface area contributed by atoms with Gasteiger partial charge in [0.1, 0.15) is 6.10 Å². The van der Waals surface area contributed by atoms with Gasteiger partial charge in [0.2, 0.25) is 0 Å². The molecule has 0 aromatic heterocycles. The van der Waals surface area contributed by atoms with Gasteiger partial charge in [-0.25, -0.2) is 5.26 Å². The van der Waals surface area contributed by atoms with E-state index < -0.39 is 0 Å². The molecular weight excluding hydrogens is 108 g/mol. The van der Waals surface area contributed by atoms with Crippen LogP contribution in [-0.2, 0) is 9.93 Å². The van der Waals surface area contributed by atoms with Gasteiger partial charge in [-0.1, -0.05) is 17.2 Å². The number of rotatable bonds is 2. The molecule has 3 heteroatoms. The summed E-state index contributed by atoms with van der Waals surface area (Å²) < 4.78 is 0. The van der Waals surface area contributed by atoms with E-state index in [-0.39, 0.29) is 6.10 Å². The minimum atomic E-state index is -0.222. The largest absolute Gasteiger partial charge is 0.221 e. The molecule has 44 valence electrons. The van der Waals surface area contributed by atoms with Crippen molar-refractivity contribution in [2.45, 2.75) is 6.10 Å². The Morgan fingerprint density at radius 1 is 1.25 bits per heavy atom. The minimum absolute atomic E-state index is 0.222. The van der Waals surface area contributed by atoms with Gasteiger partial charge in [-0.05, 0) is 12.2 Å². The molecule has 0 spiro atoms. The van der Waals surface area contributed by atoms with Crippen LogP contribution in [0.2, 0.25) is 0 Å². The minimum Gasteiger partial charge on any atom is -0.221 e. The van der Waals surface area contributed by atoms with Crippen LogP contribution in [0.1, 0.15) is 0 Å². The molecule has 0 atom stereocenters. The molecule has 0 fully saturated rings. The summed E-state index contributed by atoms with van der Waals surface area (Å²) in [5.41, 5.74) is 0. The number of hydrogen-bond donors (Lipinski definition) is 1. The van der Waals surface area contributed by atoms with Crippen molar-refractivity contribution in [3.8, 4) is 0 Å². The maximum absolute atomic E-state index is 7.74. The Kier molecular flexibility index (Phi) is 1.80. The normalized spacial score (nSPS) is 18.1. The third kappa shape index (κ3) is 1.16. The van der Waals surface area contributed by atoms with Gasteiger partial charge < -0.3 is 0 Å². The van der Waals surface area contributed by atoms with Gasteiger partial charge in [0, 0.05) is 0 Å². The van der Waals surface area contributed by atoms with Crippen molar-refractivity contribution in [2.75, 3.05) is 0 Å². The average molecular weight is 114 g/mol. The molecule has 0 radical (unpaired) electrons. The topological polar surface area (TPSA) is 38.7 Å². The van der Waals surface area contributed by atoms with Crippen LogP contribution >= 0.6 is 0 Å². The zero-order chi connectivity index (χ0) is 5.82. The highest BCUT2D eigenvalue weighted by atomic mass is 17.5. The molecular formula is C5H6O3. The molecule has 0 amide bonds. The van der Waals surface area contributed by atoms with Crippen molar-refractivity contribution in [1.29, 1.82) is 0 Å². The Bertz CT molecular complexity index is 105.